The molecule has 0 unspecified atom stereocenters. The molecule has 0 atom stereocenters. The predicted octanol–water partition coefficient (Wildman–Crippen LogP) is 4.51. The van der Waals surface area contributed by atoms with Crippen LogP contribution in [0.5, 0.6) is 17.2 Å². The lowest BCUT2D eigenvalue weighted by Gasteiger charge is -2.09. The van der Waals surface area contributed by atoms with Crippen LogP contribution in [0.3, 0.4) is 0 Å². The van der Waals surface area contributed by atoms with Crippen LogP contribution in [0.2, 0.25) is 0 Å². The van der Waals surface area contributed by atoms with Crippen molar-refractivity contribution in [2.45, 2.75) is 6.92 Å². The van der Waals surface area contributed by atoms with Crippen molar-refractivity contribution >= 4 is 11.9 Å². The van der Waals surface area contributed by atoms with Gasteiger partial charge in [-0.05, 0) is 47.5 Å². The van der Waals surface area contributed by atoms with E-state index in [2.05, 4.69) is 0 Å². The monoisotopic (exact) mass is 362 g/mol. The lowest BCUT2D eigenvalue weighted by Crippen LogP contribution is -2.12. The molecule has 0 aromatic heterocycles. The fraction of sp³-hybridized carbons (Fsp3) is 0.0909. The minimum atomic E-state index is -0.593. The van der Waals surface area contributed by atoms with Crippen molar-refractivity contribution in [2.75, 3.05) is 7.11 Å². The van der Waals surface area contributed by atoms with Crippen molar-refractivity contribution in [1.29, 1.82) is 0 Å². The highest BCUT2D eigenvalue weighted by molar-refractivity contribution is 5.94. The Morgan fingerprint density at radius 3 is 1.81 bits per heavy atom. The number of para-hydroxylation sites is 1. The van der Waals surface area contributed by atoms with E-state index in [1.807, 2.05) is 36.4 Å². The molecule has 0 saturated carbocycles. The molecule has 3 rings (SSSR count). The molecule has 3 aromatic rings. The van der Waals surface area contributed by atoms with Gasteiger partial charge in [-0.3, -0.25) is 4.79 Å². The first kappa shape index (κ1) is 18.2. The number of hydrogen-bond donors (Lipinski definition) is 0. The summed E-state index contributed by atoms with van der Waals surface area (Å²) in [6.45, 7) is 1.28. The molecule has 0 radical (unpaired) electrons. The number of rotatable bonds is 5. The molecule has 0 N–H and O–H groups in total. The van der Waals surface area contributed by atoms with Crippen molar-refractivity contribution in [3.05, 3.63) is 78.4 Å². The number of esters is 2. The van der Waals surface area contributed by atoms with Gasteiger partial charge in [0.25, 0.3) is 0 Å². The van der Waals surface area contributed by atoms with E-state index in [0.29, 0.717) is 5.75 Å². The van der Waals surface area contributed by atoms with E-state index < -0.39 is 11.9 Å². The third-order valence-corrected chi connectivity index (χ3v) is 3.85. The number of hydrogen-bond acceptors (Lipinski definition) is 5. The first-order valence-electron chi connectivity index (χ1n) is 8.31. The second-order valence-electron chi connectivity index (χ2n) is 5.73. The van der Waals surface area contributed by atoms with Gasteiger partial charge in [-0.15, -0.1) is 0 Å². The van der Waals surface area contributed by atoms with Crippen molar-refractivity contribution < 1.29 is 23.8 Å². The van der Waals surface area contributed by atoms with E-state index in [0.717, 1.165) is 16.9 Å². The predicted molar refractivity (Wildman–Crippen MR) is 101 cm³/mol. The molecule has 0 saturated heterocycles. The number of ether oxygens (including phenoxy) is 3. The summed E-state index contributed by atoms with van der Waals surface area (Å²) in [6.07, 6.45) is 0. The number of carbonyl (C=O) groups excluding carboxylic acids is 2. The normalized spacial score (nSPS) is 10.1. The van der Waals surface area contributed by atoms with Crippen molar-refractivity contribution in [3.63, 3.8) is 0 Å². The molecule has 136 valence electrons. The van der Waals surface area contributed by atoms with E-state index in [1.165, 1.54) is 6.92 Å². The zero-order valence-corrected chi connectivity index (χ0v) is 15.0. The molecule has 3 aromatic carbocycles. The molecule has 0 aliphatic carbocycles. The van der Waals surface area contributed by atoms with Crippen LogP contribution in [0.25, 0.3) is 11.1 Å². The molecule has 5 heteroatoms. The van der Waals surface area contributed by atoms with Gasteiger partial charge in [0.2, 0.25) is 0 Å². The Morgan fingerprint density at radius 2 is 1.26 bits per heavy atom. The lowest BCUT2D eigenvalue weighted by atomic mass is 10.1. The third kappa shape index (κ3) is 4.52. The van der Waals surface area contributed by atoms with Crippen molar-refractivity contribution in [1.82, 2.24) is 0 Å². The summed E-state index contributed by atoms with van der Waals surface area (Å²) in [4.78, 5) is 23.6. The van der Waals surface area contributed by atoms with Gasteiger partial charge in [-0.1, -0.05) is 36.4 Å². The summed E-state index contributed by atoms with van der Waals surface area (Å²) >= 11 is 0. The van der Waals surface area contributed by atoms with Crippen LogP contribution in [0.1, 0.15) is 17.3 Å². The Kier molecular flexibility index (Phi) is 5.52. The van der Waals surface area contributed by atoms with Gasteiger partial charge >= 0.3 is 11.9 Å². The molecule has 0 spiro atoms. The zero-order chi connectivity index (χ0) is 19.2. The Labute approximate surface area is 157 Å². The standard InChI is InChI=1S/C22H18O5/c1-15(23)26-21-6-4-3-5-20(21)22(24)27-19-13-9-17(10-14-19)16-7-11-18(25-2)12-8-16/h3-14H,1-2H3. The lowest BCUT2D eigenvalue weighted by molar-refractivity contribution is -0.131. The van der Waals surface area contributed by atoms with Crippen LogP contribution in [0.4, 0.5) is 0 Å². The molecule has 5 nitrogen and oxygen atoms in total. The highest BCUT2D eigenvalue weighted by atomic mass is 16.5. The van der Waals surface area contributed by atoms with Gasteiger partial charge in [0.1, 0.15) is 22.8 Å². The van der Waals surface area contributed by atoms with Gasteiger partial charge in [0.05, 0.1) is 7.11 Å². The zero-order valence-electron chi connectivity index (χ0n) is 15.0. The van der Waals surface area contributed by atoms with Gasteiger partial charge < -0.3 is 14.2 Å². The fourth-order valence-electron chi connectivity index (χ4n) is 2.54. The van der Waals surface area contributed by atoms with E-state index in [4.69, 9.17) is 14.2 Å². The van der Waals surface area contributed by atoms with Crippen LogP contribution >= 0.6 is 0 Å². The van der Waals surface area contributed by atoms with Gasteiger partial charge in [-0.25, -0.2) is 4.79 Å². The van der Waals surface area contributed by atoms with Crippen molar-refractivity contribution in [2.24, 2.45) is 0 Å². The molecule has 0 aliphatic heterocycles. The minimum Gasteiger partial charge on any atom is -0.497 e. The number of methoxy groups -OCH3 is 1. The first-order valence-corrected chi connectivity index (χ1v) is 8.31. The summed E-state index contributed by atoms with van der Waals surface area (Å²) in [6, 6.07) is 21.3. The van der Waals surface area contributed by atoms with Crippen LogP contribution in [-0.2, 0) is 4.79 Å². The Hall–Kier alpha value is -3.60. The fourth-order valence-corrected chi connectivity index (χ4v) is 2.54. The second kappa shape index (κ2) is 8.19. The third-order valence-electron chi connectivity index (χ3n) is 3.85. The van der Waals surface area contributed by atoms with Crippen LogP contribution < -0.4 is 14.2 Å². The SMILES string of the molecule is COc1ccc(-c2ccc(OC(=O)c3ccccc3OC(C)=O)cc2)cc1. The summed E-state index contributed by atoms with van der Waals surface area (Å²) in [5.41, 5.74) is 2.19. The minimum absolute atomic E-state index is 0.171. The quantitative estimate of drug-likeness (QED) is 0.494. The summed E-state index contributed by atoms with van der Waals surface area (Å²) in [5, 5.41) is 0. The summed E-state index contributed by atoms with van der Waals surface area (Å²) < 4.78 is 15.6. The highest BCUT2D eigenvalue weighted by Gasteiger charge is 2.15. The molecule has 27 heavy (non-hydrogen) atoms. The van der Waals surface area contributed by atoms with Crippen LogP contribution in [-0.4, -0.2) is 19.0 Å². The molecule has 0 aliphatic rings. The number of benzene rings is 3. The summed E-state index contributed by atoms with van der Waals surface area (Å²) in [5.74, 6) is 0.263. The topological polar surface area (TPSA) is 61.8 Å². The van der Waals surface area contributed by atoms with E-state index in [1.54, 1.807) is 43.5 Å². The Morgan fingerprint density at radius 1 is 0.704 bits per heavy atom. The van der Waals surface area contributed by atoms with Gasteiger partial charge in [0.15, 0.2) is 0 Å². The second-order valence-corrected chi connectivity index (χ2v) is 5.73. The van der Waals surface area contributed by atoms with E-state index in [9.17, 15) is 9.59 Å². The van der Waals surface area contributed by atoms with Crippen LogP contribution in [0.15, 0.2) is 72.8 Å². The molecular weight excluding hydrogens is 344 g/mol. The number of carbonyl (C=O) groups is 2. The van der Waals surface area contributed by atoms with E-state index in [-0.39, 0.29) is 11.3 Å². The smallest absolute Gasteiger partial charge is 0.347 e. The molecule has 0 bridgehead atoms. The Bertz CT molecular complexity index is 943. The maximum Gasteiger partial charge on any atom is 0.347 e. The highest BCUT2D eigenvalue weighted by Crippen LogP contribution is 2.26. The van der Waals surface area contributed by atoms with Crippen molar-refractivity contribution in [3.8, 4) is 28.4 Å². The maximum absolute atomic E-state index is 12.4. The van der Waals surface area contributed by atoms with E-state index >= 15 is 0 Å². The summed E-state index contributed by atoms with van der Waals surface area (Å²) in [7, 11) is 1.62. The van der Waals surface area contributed by atoms with Gasteiger partial charge in [-0.2, -0.15) is 0 Å². The van der Waals surface area contributed by atoms with Crippen LogP contribution in [0, 0.1) is 0 Å². The molecular formula is C22H18O5. The maximum atomic E-state index is 12.4. The first-order chi connectivity index (χ1) is 13.1. The Balaban J connectivity index is 1.74. The average Bonchev–Trinajstić information content (AvgIpc) is 2.68. The molecule has 0 fully saturated rings. The molecule has 0 amide bonds. The van der Waals surface area contributed by atoms with Gasteiger partial charge in [0, 0.05) is 6.92 Å². The largest absolute Gasteiger partial charge is 0.497 e. The molecule has 0 heterocycles. The average molecular weight is 362 g/mol.